The third kappa shape index (κ3) is 3.59. The van der Waals surface area contributed by atoms with E-state index < -0.39 is 0 Å². The van der Waals surface area contributed by atoms with Gasteiger partial charge in [0.2, 0.25) is 0 Å². The Balaban J connectivity index is 1.69. The zero-order chi connectivity index (χ0) is 16.2. The molecular weight excluding hydrogens is 300 g/mol. The number of methoxy groups -OCH3 is 1. The van der Waals surface area contributed by atoms with Gasteiger partial charge in [-0.25, -0.2) is 0 Å². The molecule has 1 amide bonds. The van der Waals surface area contributed by atoms with Gasteiger partial charge >= 0.3 is 0 Å². The quantitative estimate of drug-likeness (QED) is 0.890. The average Bonchev–Trinajstić information content (AvgIpc) is 3.17. The molecule has 3 rings (SSSR count). The lowest BCUT2D eigenvalue weighted by Gasteiger charge is -2.31. The largest absolute Gasteiger partial charge is 0.377 e. The Labute approximate surface area is 133 Å². The fourth-order valence-electron chi connectivity index (χ4n) is 2.72. The summed E-state index contributed by atoms with van der Waals surface area (Å²) in [7, 11) is 3.41. The molecule has 0 aromatic carbocycles. The predicted molar refractivity (Wildman–Crippen MR) is 79.6 cm³/mol. The van der Waals surface area contributed by atoms with Crippen LogP contribution in [0.3, 0.4) is 0 Å². The van der Waals surface area contributed by atoms with Crippen molar-refractivity contribution in [1.29, 1.82) is 0 Å². The smallest absolute Gasteiger partial charge is 0.273 e. The van der Waals surface area contributed by atoms with Crippen LogP contribution in [0.15, 0.2) is 23.0 Å². The molecule has 1 aliphatic rings. The minimum Gasteiger partial charge on any atom is -0.377 e. The van der Waals surface area contributed by atoms with E-state index in [1.165, 1.54) is 0 Å². The molecule has 1 aliphatic heterocycles. The van der Waals surface area contributed by atoms with Crippen LogP contribution in [0, 0.1) is 0 Å². The lowest BCUT2D eigenvalue weighted by molar-refractivity contribution is -0.00958. The first-order chi connectivity index (χ1) is 11.2. The Bertz CT molecular complexity index is 666. The van der Waals surface area contributed by atoms with E-state index in [4.69, 9.17) is 14.0 Å². The van der Waals surface area contributed by atoms with Crippen LogP contribution >= 0.6 is 0 Å². The van der Waals surface area contributed by atoms with Crippen molar-refractivity contribution in [2.24, 2.45) is 7.05 Å². The highest BCUT2D eigenvalue weighted by Gasteiger charge is 2.30. The zero-order valence-electron chi connectivity index (χ0n) is 13.2. The monoisotopic (exact) mass is 320 g/mol. The van der Waals surface area contributed by atoms with Gasteiger partial charge in [-0.15, -0.1) is 0 Å². The summed E-state index contributed by atoms with van der Waals surface area (Å²) < 4.78 is 17.6. The van der Waals surface area contributed by atoms with Crippen molar-refractivity contribution in [3.05, 3.63) is 35.5 Å². The number of nitrogens with zero attached hydrogens (tertiary/aromatic N) is 3. The molecule has 0 bridgehead atoms. The molecule has 2 atom stereocenters. The molecule has 0 saturated carbocycles. The van der Waals surface area contributed by atoms with Crippen molar-refractivity contribution >= 4 is 5.91 Å². The summed E-state index contributed by atoms with van der Waals surface area (Å²) in [4.78, 5) is 12.4. The fraction of sp³-hybridized carbons (Fsp3) is 0.533. The summed E-state index contributed by atoms with van der Waals surface area (Å²) in [6.07, 6.45) is 5.21. The molecule has 124 valence electrons. The number of ether oxygens (including phenoxy) is 2. The lowest BCUT2D eigenvalue weighted by atomic mass is 9.98. The highest BCUT2D eigenvalue weighted by Crippen LogP contribution is 2.28. The molecule has 1 saturated heterocycles. The molecule has 8 heteroatoms. The van der Waals surface area contributed by atoms with Crippen LogP contribution in [0.5, 0.6) is 0 Å². The summed E-state index contributed by atoms with van der Waals surface area (Å²) in [5, 5.41) is 10.9. The number of rotatable bonds is 5. The van der Waals surface area contributed by atoms with Crippen LogP contribution in [0.4, 0.5) is 0 Å². The third-order valence-corrected chi connectivity index (χ3v) is 3.77. The third-order valence-electron chi connectivity index (χ3n) is 3.77. The second-order valence-corrected chi connectivity index (χ2v) is 5.57. The summed E-state index contributed by atoms with van der Waals surface area (Å²) in [6, 6.07) is 1.46. The van der Waals surface area contributed by atoms with Crippen molar-refractivity contribution in [3.63, 3.8) is 0 Å². The van der Waals surface area contributed by atoms with E-state index >= 15 is 0 Å². The van der Waals surface area contributed by atoms with E-state index in [1.54, 1.807) is 24.1 Å². The van der Waals surface area contributed by atoms with E-state index in [9.17, 15) is 4.79 Å². The maximum atomic E-state index is 12.4. The summed E-state index contributed by atoms with van der Waals surface area (Å²) in [5.41, 5.74) is 1.20. The average molecular weight is 320 g/mol. The Kier molecular flexibility index (Phi) is 4.73. The minimum absolute atomic E-state index is 0.122. The van der Waals surface area contributed by atoms with E-state index in [0.717, 1.165) is 18.4 Å². The normalized spacial score (nSPS) is 21.3. The van der Waals surface area contributed by atoms with Crippen molar-refractivity contribution < 1.29 is 18.8 Å². The topological polar surface area (TPSA) is 91.4 Å². The molecular formula is C15H20N4O4. The van der Waals surface area contributed by atoms with Gasteiger partial charge in [0.1, 0.15) is 12.7 Å². The van der Waals surface area contributed by atoms with Gasteiger partial charge in [-0.05, 0) is 12.8 Å². The van der Waals surface area contributed by atoms with Gasteiger partial charge in [0.05, 0.1) is 12.2 Å². The van der Waals surface area contributed by atoms with Crippen LogP contribution < -0.4 is 5.32 Å². The summed E-state index contributed by atoms with van der Waals surface area (Å²) in [5.74, 6) is 0.238. The molecule has 0 spiro atoms. The minimum atomic E-state index is -0.277. The molecule has 3 heterocycles. The number of hydrogen-bond acceptors (Lipinski definition) is 6. The molecule has 23 heavy (non-hydrogen) atoms. The highest BCUT2D eigenvalue weighted by atomic mass is 16.5. The summed E-state index contributed by atoms with van der Waals surface area (Å²) in [6.45, 7) is 0.957. The Morgan fingerprint density at radius 2 is 2.43 bits per heavy atom. The Hall–Kier alpha value is -2.19. The van der Waals surface area contributed by atoms with Gasteiger partial charge in [0, 0.05) is 38.6 Å². The first kappa shape index (κ1) is 15.7. The standard InChI is InChI=1S/C15H20N4O4/c1-19-8-10(7-16-19)14-12(4-3-5-22-14)17-15(20)13-6-11(9-21-2)23-18-13/h6-8,12,14H,3-5,9H2,1-2H3,(H,17,20)/t12-,14+/m0/s1. The van der Waals surface area contributed by atoms with Crippen LogP contribution in [0.25, 0.3) is 0 Å². The van der Waals surface area contributed by atoms with Gasteiger partial charge in [-0.2, -0.15) is 5.10 Å². The van der Waals surface area contributed by atoms with Gasteiger partial charge in [0.25, 0.3) is 5.91 Å². The maximum Gasteiger partial charge on any atom is 0.273 e. The van der Waals surface area contributed by atoms with Gasteiger partial charge in [0.15, 0.2) is 11.5 Å². The van der Waals surface area contributed by atoms with Crippen molar-refractivity contribution in [2.75, 3.05) is 13.7 Å². The van der Waals surface area contributed by atoms with E-state index in [2.05, 4.69) is 15.6 Å². The molecule has 2 aromatic rings. The van der Waals surface area contributed by atoms with Crippen LogP contribution in [-0.4, -0.2) is 40.6 Å². The number of nitrogens with one attached hydrogen (secondary N) is 1. The van der Waals surface area contributed by atoms with Crippen LogP contribution in [0.1, 0.15) is 40.8 Å². The number of carbonyl (C=O) groups is 1. The van der Waals surface area contributed by atoms with Crippen molar-refractivity contribution in [2.45, 2.75) is 31.6 Å². The SMILES string of the molecule is COCc1cc(C(=O)N[C@H]2CCCO[C@@H]2c2cnn(C)c2)no1. The van der Waals surface area contributed by atoms with Crippen molar-refractivity contribution in [3.8, 4) is 0 Å². The molecule has 1 fully saturated rings. The Morgan fingerprint density at radius 3 is 3.17 bits per heavy atom. The number of carbonyl (C=O) groups excluding carboxylic acids is 1. The van der Waals surface area contributed by atoms with Crippen LogP contribution in [0.2, 0.25) is 0 Å². The molecule has 1 N–H and O–H groups in total. The fourth-order valence-corrected chi connectivity index (χ4v) is 2.72. The molecule has 2 aromatic heterocycles. The predicted octanol–water partition coefficient (Wildman–Crippen LogP) is 1.20. The van der Waals surface area contributed by atoms with Gasteiger partial charge < -0.3 is 19.3 Å². The summed E-state index contributed by atoms with van der Waals surface area (Å²) >= 11 is 0. The second-order valence-electron chi connectivity index (χ2n) is 5.57. The van der Waals surface area contributed by atoms with Crippen molar-refractivity contribution in [1.82, 2.24) is 20.3 Å². The first-order valence-electron chi connectivity index (χ1n) is 7.53. The number of hydrogen-bond donors (Lipinski definition) is 1. The molecule has 0 radical (unpaired) electrons. The maximum absolute atomic E-state index is 12.4. The van der Waals surface area contributed by atoms with Crippen LogP contribution in [-0.2, 0) is 23.1 Å². The van der Waals surface area contributed by atoms with E-state index in [-0.39, 0.29) is 30.4 Å². The number of amides is 1. The van der Waals surface area contributed by atoms with E-state index in [1.807, 2.05) is 13.2 Å². The first-order valence-corrected chi connectivity index (χ1v) is 7.53. The molecule has 0 aliphatic carbocycles. The lowest BCUT2D eigenvalue weighted by Crippen LogP contribution is -2.42. The van der Waals surface area contributed by atoms with Gasteiger partial charge in [-0.3, -0.25) is 9.48 Å². The number of aryl methyl sites for hydroxylation is 1. The number of aromatic nitrogens is 3. The van der Waals surface area contributed by atoms with E-state index in [0.29, 0.717) is 12.4 Å². The highest BCUT2D eigenvalue weighted by molar-refractivity contribution is 5.92. The zero-order valence-corrected chi connectivity index (χ0v) is 13.2. The Morgan fingerprint density at radius 1 is 1.57 bits per heavy atom. The van der Waals surface area contributed by atoms with Gasteiger partial charge in [-0.1, -0.05) is 5.16 Å². The molecule has 8 nitrogen and oxygen atoms in total. The molecule has 0 unspecified atom stereocenters. The second kappa shape index (κ2) is 6.93.